The number of hydrogen-bond donors (Lipinski definition) is 1. The minimum absolute atomic E-state index is 0.0719. The van der Waals surface area contributed by atoms with E-state index < -0.39 is 27.9 Å². The normalized spacial score (nSPS) is 16.4. The summed E-state index contributed by atoms with van der Waals surface area (Å²) in [7, 11) is -3.40. The van der Waals surface area contributed by atoms with Crippen LogP contribution in [0.4, 0.5) is 5.69 Å². The Balaban J connectivity index is 1.92. The van der Waals surface area contributed by atoms with Gasteiger partial charge in [0.15, 0.2) is 6.10 Å². The first-order valence-electron chi connectivity index (χ1n) is 8.75. The highest BCUT2D eigenvalue weighted by Crippen LogP contribution is 2.14. The third-order valence-electron chi connectivity index (χ3n) is 4.14. The van der Waals surface area contributed by atoms with Gasteiger partial charge in [0.1, 0.15) is 6.54 Å². The molecule has 148 valence electrons. The number of ether oxygens (including phenoxy) is 1. The second-order valence-corrected chi connectivity index (χ2v) is 8.32. The highest BCUT2D eigenvalue weighted by Gasteiger charge is 2.24. The zero-order chi connectivity index (χ0) is 20.0. The monoisotopic (exact) mass is 396 g/mol. The van der Waals surface area contributed by atoms with Gasteiger partial charge in [-0.2, -0.15) is 0 Å². The molecule has 1 atom stereocenters. The minimum atomic E-state index is -3.40. The molecule has 0 unspecified atom stereocenters. The van der Waals surface area contributed by atoms with Crippen LogP contribution in [0.5, 0.6) is 0 Å². The van der Waals surface area contributed by atoms with Gasteiger partial charge in [-0.05, 0) is 44.0 Å². The molecule has 0 aliphatic carbocycles. The molecule has 1 amide bonds. The van der Waals surface area contributed by atoms with Crippen molar-refractivity contribution in [3.63, 3.8) is 0 Å². The first-order valence-corrected chi connectivity index (χ1v) is 10.6. The summed E-state index contributed by atoms with van der Waals surface area (Å²) in [6, 6.07) is 5.83. The van der Waals surface area contributed by atoms with E-state index in [1.165, 1.54) is 36.1 Å². The number of ketones is 1. The number of hydrogen-bond acceptors (Lipinski definition) is 6. The Morgan fingerprint density at radius 3 is 2.48 bits per heavy atom. The molecule has 0 radical (unpaired) electrons. The van der Waals surface area contributed by atoms with Crippen LogP contribution in [-0.4, -0.2) is 56.4 Å². The van der Waals surface area contributed by atoms with Crippen LogP contribution in [-0.2, 0) is 24.3 Å². The average molecular weight is 396 g/mol. The van der Waals surface area contributed by atoms with Gasteiger partial charge in [0.05, 0.1) is 6.26 Å². The van der Waals surface area contributed by atoms with Crippen LogP contribution in [0.25, 0.3) is 0 Å². The number of nitrogens with one attached hydrogen (secondary N) is 1. The summed E-state index contributed by atoms with van der Waals surface area (Å²) in [5.74, 6) is -1.10. The number of nitrogens with zero attached hydrogens (tertiary/aromatic N) is 1. The molecular formula is C18H24N2O6S. The lowest BCUT2D eigenvalue weighted by molar-refractivity contribution is -0.151. The van der Waals surface area contributed by atoms with Crippen molar-refractivity contribution in [3.05, 3.63) is 29.8 Å². The van der Waals surface area contributed by atoms with Gasteiger partial charge < -0.3 is 9.64 Å². The van der Waals surface area contributed by atoms with E-state index in [0.29, 0.717) is 24.2 Å². The van der Waals surface area contributed by atoms with Crippen molar-refractivity contribution in [1.29, 1.82) is 0 Å². The Kier molecular flexibility index (Phi) is 6.95. The quantitative estimate of drug-likeness (QED) is 0.553. The van der Waals surface area contributed by atoms with E-state index in [2.05, 4.69) is 4.72 Å². The maximum atomic E-state index is 12.4. The Bertz CT molecular complexity index is 804. The fraction of sp³-hybridized carbons (Fsp3) is 0.500. The smallest absolute Gasteiger partial charge is 0.326 e. The highest BCUT2D eigenvalue weighted by atomic mass is 32.2. The van der Waals surface area contributed by atoms with Crippen LogP contribution in [0, 0.1) is 0 Å². The van der Waals surface area contributed by atoms with Crippen LogP contribution in [0.3, 0.4) is 0 Å². The van der Waals surface area contributed by atoms with Crippen molar-refractivity contribution < 1.29 is 27.5 Å². The number of sulfonamides is 1. The van der Waals surface area contributed by atoms with Gasteiger partial charge in [-0.15, -0.1) is 0 Å². The third-order valence-corrected chi connectivity index (χ3v) is 4.75. The fourth-order valence-electron chi connectivity index (χ4n) is 2.80. The molecule has 0 bridgehead atoms. The van der Waals surface area contributed by atoms with E-state index in [4.69, 9.17) is 4.74 Å². The second kappa shape index (κ2) is 8.98. The lowest BCUT2D eigenvalue weighted by Gasteiger charge is -2.20. The van der Waals surface area contributed by atoms with Gasteiger partial charge in [-0.25, -0.2) is 8.42 Å². The molecule has 0 saturated carbocycles. The number of carbonyl (C=O) groups excluding carboxylic acids is 3. The number of rotatable bonds is 7. The number of carbonyl (C=O) groups is 3. The molecule has 9 heteroatoms. The summed E-state index contributed by atoms with van der Waals surface area (Å²) in [5, 5.41) is 0. The molecule has 1 N–H and O–H groups in total. The number of esters is 1. The molecule has 1 saturated heterocycles. The molecule has 0 aromatic heterocycles. The molecule has 1 aliphatic heterocycles. The van der Waals surface area contributed by atoms with E-state index in [-0.39, 0.29) is 12.5 Å². The zero-order valence-corrected chi connectivity index (χ0v) is 16.3. The lowest BCUT2D eigenvalue weighted by Crippen LogP contribution is -2.37. The number of benzene rings is 1. The molecule has 1 fully saturated rings. The summed E-state index contributed by atoms with van der Waals surface area (Å²) in [6.45, 7) is 1.83. The standard InChI is InChI=1S/C18H24N2O6S/c1-13(26-17(22)12-20-11-5-3-4-6-16(20)21)18(23)14-7-9-15(10-8-14)19-27(2,24)25/h7-10,13,19H,3-6,11-12H2,1-2H3/t13-/m1/s1. The van der Waals surface area contributed by atoms with E-state index in [0.717, 1.165) is 25.5 Å². The number of anilines is 1. The Hall–Kier alpha value is -2.42. The Morgan fingerprint density at radius 2 is 1.85 bits per heavy atom. The van der Waals surface area contributed by atoms with Crippen molar-refractivity contribution in [3.8, 4) is 0 Å². The van der Waals surface area contributed by atoms with Gasteiger partial charge in [-0.3, -0.25) is 19.1 Å². The molecule has 1 aromatic rings. The van der Waals surface area contributed by atoms with Crippen molar-refractivity contribution in [1.82, 2.24) is 4.90 Å². The fourth-order valence-corrected chi connectivity index (χ4v) is 3.37. The highest BCUT2D eigenvalue weighted by molar-refractivity contribution is 7.92. The summed E-state index contributed by atoms with van der Waals surface area (Å²) < 4.78 is 29.9. The van der Waals surface area contributed by atoms with E-state index in [1.54, 1.807) is 0 Å². The number of Topliss-reactive ketones (excluding diaryl/α,β-unsaturated/α-hetero) is 1. The third kappa shape index (κ3) is 6.67. The molecule has 1 heterocycles. The number of likely N-dealkylation sites (tertiary alicyclic amines) is 1. The van der Waals surface area contributed by atoms with Crippen molar-refractivity contribution >= 4 is 33.4 Å². The topological polar surface area (TPSA) is 110 Å². The summed E-state index contributed by atoms with van der Waals surface area (Å²) in [5.41, 5.74) is 0.624. The Morgan fingerprint density at radius 1 is 1.19 bits per heavy atom. The van der Waals surface area contributed by atoms with Crippen molar-refractivity contribution in [2.75, 3.05) is 24.1 Å². The van der Waals surface area contributed by atoms with Crippen molar-refractivity contribution in [2.24, 2.45) is 0 Å². The molecule has 1 aliphatic rings. The van der Waals surface area contributed by atoms with Gasteiger partial charge in [0, 0.05) is 24.2 Å². The average Bonchev–Trinajstić information content (AvgIpc) is 2.78. The zero-order valence-electron chi connectivity index (χ0n) is 15.4. The van der Waals surface area contributed by atoms with Crippen molar-refractivity contribution in [2.45, 2.75) is 38.7 Å². The van der Waals surface area contributed by atoms with Crippen LogP contribution >= 0.6 is 0 Å². The predicted molar refractivity (Wildman–Crippen MR) is 99.8 cm³/mol. The van der Waals surface area contributed by atoms with Crippen LogP contribution in [0.15, 0.2) is 24.3 Å². The maximum Gasteiger partial charge on any atom is 0.326 e. The van der Waals surface area contributed by atoms with Crippen LogP contribution < -0.4 is 4.72 Å². The Labute approximate surface area is 158 Å². The number of amides is 1. The molecule has 2 rings (SSSR count). The summed E-state index contributed by atoms with van der Waals surface area (Å²) in [4.78, 5) is 37.9. The van der Waals surface area contributed by atoms with Crippen LogP contribution in [0.2, 0.25) is 0 Å². The van der Waals surface area contributed by atoms with E-state index >= 15 is 0 Å². The summed E-state index contributed by atoms with van der Waals surface area (Å²) in [6.07, 6.45) is 3.08. The summed E-state index contributed by atoms with van der Waals surface area (Å²) >= 11 is 0. The second-order valence-electron chi connectivity index (χ2n) is 6.57. The first-order chi connectivity index (χ1) is 12.7. The van der Waals surface area contributed by atoms with E-state index in [1.807, 2.05) is 0 Å². The van der Waals surface area contributed by atoms with Gasteiger partial charge in [0.25, 0.3) is 0 Å². The molecule has 8 nitrogen and oxygen atoms in total. The lowest BCUT2D eigenvalue weighted by atomic mass is 10.1. The molecule has 1 aromatic carbocycles. The first kappa shape index (κ1) is 20.9. The van der Waals surface area contributed by atoms with Gasteiger partial charge in [-0.1, -0.05) is 6.42 Å². The molecular weight excluding hydrogens is 372 g/mol. The minimum Gasteiger partial charge on any atom is -0.453 e. The van der Waals surface area contributed by atoms with Gasteiger partial charge in [0.2, 0.25) is 21.7 Å². The van der Waals surface area contributed by atoms with Crippen LogP contribution in [0.1, 0.15) is 43.0 Å². The largest absolute Gasteiger partial charge is 0.453 e. The molecule has 0 spiro atoms. The van der Waals surface area contributed by atoms with Gasteiger partial charge >= 0.3 is 5.97 Å². The molecule has 27 heavy (non-hydrogen) atoms. The van der Waals surface area contributed by atoms with E-state index in [9.17, 15) is 22.8 Å². The predicted octanol–water partition coefficient (Wildman–Crippen LogP) is 1.58. The maximum absolute atomic E-state index is 12.4. The SMILES string of the molecule is C[C@@H](OC(=O)CN1CCCCCC1=O)C(=O)c1ccc(NS(C)(=O)=O)cc1.